The van der Waals surface area contributed by atoms with E-state index in [-0.39, 0.29) is 0 Å². The van der Waals surface area contributed by atoms with E-state index in [1.165, 1.54) is 10.6 Å². The molecule has 0 aliphatic carbocycles. The topological polar surface area (TPSA) is 24.9 Å². The molecule has 1 N–H and O–H groups in total. The summed E-state index contributed by atoms with van der Waals surface area (Å²) in [7, 11) is 1.97. The van der Waals surface area contributed by atoms with Crippen LogP contribution in [0.5, 0.6) is 0 Å². The van der Waals surface area contributed by atoms with Crippen molar-refractivity contribution in [2.24, 2.45) is 5.92 Å². The lowest BCUT2D eigenvalue weighted by Crippen LogP contribution is -2.07. The number of hydrogen-bond acceptors (Lipinski definition) is 3. The molecule has 5 heteroatoms. The number of rotatable bonds is 5. The Kier molecular flexibility index (Phi) is 5.61. The van der Waals surface area contributed by atoms with E-state index in [1.54, 1.807) is 11.3 Å². The Balaban J connectivity index is 2.38. The van der Waals surface area contributed by atoms with Crippen LogP contribution in [-0.2, 0) is 13.0 Å². The summed E-state index contributed by atoms with van der Waals surface area (Å²) < 4.78 is 0.910. The predicted molar refractivity (Wildman–Crippen MR) is 91.6 cm³/mol. The Labute approximate surface area is 137 Å². The van der Waals surface area contributed by atoms with Crippen LogP contribution >= 0.6 is 38.9 Å². The van der Waals surface area contributed by atoms with Crippen molar-refractivity contribution in [3.05, 3.63) is 38.3 Å². The Hall–Kier alpha value is -0.420. The van der Waals surface area contributed by atoms with Gasteiger partial charge in [0.25, 0.3) is 0 Å². The van der Waals surface area contributed by atoms with Gasteiger partial charge in [-0.15, -0.1) is 11.3 Å². The molecule has 0 bridgehead atoms. The third kappa shape index (κ3) is 3.82. The van der Waals surface area contributed by atoms with Gasteiger partial charge < -0.3 is 5.32 Å². The van der Waals surface area contributed by atoms with Gasteiger partial charge in [-0.25, -0.2) is 4.98 Å². The molecular weight excluding hydrogens is 356 g/mol. The average Bonchev–Trinajstić information content (AvgIpc) is 2.76. The fourth-order valence-electron chi connectivity index (χ4n) is 1.98. The van der Waals surface area contributed by atoms with Gasteiger partial charge in [0.1, 0.15) is 5.01 Å². The number of halogens is 2. The average molecular weight is 374 g/mol. The highest BCUT2D eigenvalue weighted by Gasteiger charge is 2.14. The molecule has 2 rings (SSSR count). The number of thiazole rings is 1. The predicted octanol–water partition coefficient (Wildman–Crippen LogP) is 5.14. The highest BCUT2D eigenvalue weighted by Crippen LogP contribution is 2.33. The maximum atomic E-state index is 6.05. The monoisotopic (exact) mass is 372 g/mol. The summed E-state index contributed by atoms with van der Waals surface area (Å²) >= 11 is 11.3. The van der Waals surface area contributed by atoms with E-state index in [9.17, 15) is 0 Å². The molecule has 0 fully saturated rings. The number of nitrogens with zero attached hydrogens (tertiary/aromatic N) is 1. The maximum Gasteiger partial charge on any atom is 0.123 e. The molecule has 1 aromatic carbocycles. The minimum Gasteiger partial charge on any atom is -0.315 e. The molecule has 2 aromatic rings. The zero-order valence-electron chi connectivity index (χ0n) is 11.8. The van der Waals surface area contributed by atoms with Crippen molar-refractivity contribution in [2.45, 2.75) is 26.8 Å². The molecule has 0 amide bonds. The lowest BCUT2D eigenvalue weighted by atomic mass is 10.1. The quantitative estimate of drug-likeness (QED) is 0.784. The number of benzene rings is 1. The van der Waals surface area contributed by atoms with E-state index >= 15 is 0 Å². The van der Waals surface area contributed by atoms with Gasteiger partial charge in [-0.05, 0) is 47.4 Å². The van der Waals surface area contributed by atoms with Crippen LogP contribution in [0.15, 0.2) is 22.7 Å². The van der Waals surface area contributed by atoms with E-state index in [0.717, 1.165) is 33.0 Å². The normalized spacial score (nSPS) is 11.3. The van der Waals surface area contributed by atoms with Crippen LogP contribution in [-0.4, -0.2) is 12.0 Å². The lowest BCUT2D eigenvalue weighted by Gasteiger charge is -2.03. The van der Waals surface area contributed by atoms with Crippen LogP contribution in [0, 0.1) is 5.92 Å². The third-order valence-corrected chi connectivity index (χ3v) is 5.24. The second-order valence-corrected chi connectivity index (χ2v) is 7.49. The molecular formula is C15H18BrClN2S. The van der Waals surface area contributed by atoms with Crippen molar-refractivity contribution in [3.8, 4) is 10.6 Å². The fraction of sp³-hybridized carbons (Fsp3) is 0.400. The highest BCUT2D eigenvalue weighted by atomic mass is 79.9. The van der Waals surface area contributed by atoms with Crippen LogP contribution in [0.1, 0.15) is 24.4 Å². The molecule has 108 valence electrons. The standard InChI is InChI=1S/C15H18BrClN2S/c1-9(2)6-13-14(8-18-3)20-15(19-13)10-4-5-12(17)11(16)7-10/h4-5,7,9,18H,6,8H2,1-3H3. The van der Waals surface area contributed by atoms with Crippen molar-refractivity contribution in [2.75, 3.05) is 7.05 Å². The Morgan fingerprint density at radius 2 is 2.15 bits per heavy atom. The molecule has 1 heterocycles. The second kappa shape index (κ2) is 7.03. The Morgan fingerprint density at radius 3 is 2.75 bits per heavy atom. The molecule has 0 atom stereocenters. The van der Waals surface area contributed by atoms with Gasteiger partial charge >= 0.3 is 0 Å². The molecule has 20 heavy (non-hydrogen) atoms. The first-order valence-corrected chi connectivity index (χ1v) is 8.58. The van der Waals surface area contributed by atoms with E-state index in [4.69, 9.17) is 16.6 Å². The molecule has 0 saturated carbocycles. The summed E-state index contributed by atoms with van der Waals surface area (Å²) in [4.78, 5) is 6.15. The molecule has 0 radical (unpaired) electrons. The highest BCUT2D eigenvalue weighted by molar-refractivity contribution is 9.10. The van der Waals surface area contributed by atoms with Gasteiger partial charge in [-0.3, -0.25) is 0 Å². The van der Waals surface area contributed by atoms with Gasteiger partial charge in [-0.2, -0.15) is 0 Å². The maximum absolute atomic E-state index is 6.05. The number of hydrogen-bond donors (Lipinski definition) is 1. The SMILES string of the molecule is CNCc1sc(-c2ccc(Cl)c(Br)c2)nc1CC(C)C. The van der Waals surface area contributed by atoms with Crippen LogP contribution in [0.4, 0.5) is 0 Å². The molecule has 0 aliphatic rings. The summed E-state index contributed by atoms with van der Waals surface area (Å²) in [6.07, 6.45) is 1.02. The van der Waals surface area contributed by atoms with Crippen molar-refractivity contribution >= 4 is 38.9 Å². The van der Waals surface area contributed by atoms with Gasteiger partial charge in [0.15, 0.2) is 0 Å². The summed E-state index contributed by atoms with van der Waals surface area (Å²) in [5.74, 6) is 0.609. The first kappa shape index (κ1) is 16.0. The summed E-state index contributed by atoms with van der Waals surface area (Å²) in [5, 5.41) is 5.01. The minimum atomic E-state index is 0.609. The van der Waals surface area contributed by atoms with Gasteiger partial charge in [0.05, 0.1) is 10.7 Å². The van der Waals surface area contributed by atoms with E-state index in [1.807, 2.05) is 25.2 Å². The zero-order valence-corrected chi connectivity index (χ0v) is 15.0. The Morgan fingerprint density at radius 1 is 1.40 bits per heavy atom. The second-order valence-electron chi connectivity index (χ2n) is 5.15. The smallest absolute Gasteiger partial charge is 0.123 e. The summed E-state index contributed by atoms with van der Waals surface area (Å²) in [6, 6.07) is 5.96. The van der Waals surface area contributed by atoms with Crippen molar-refractivity contribution in [3.63, 3.8) is 0 Å². The largest absolute Gasteiger partial charge is 0.315 e. The molecule has 0 spiro atoms. The molecule has 2 nitrogen and oxygen atoms in total. The minimum absolute atomic E-state index is 0.609. The molecule has 0 saturated heterocycles. The van der Waals surface area contributed by atoms with Crippen LogP contribution in [0.25, 0.3) is 10.6 Å². The van der Waals surface area contributed by atoms with E-state index < -0.39 is 0 Å². The fourth-order valence-corrected chi connectivity index (χ4v) is 3.57. The zero-order chi connectivity index (χ0) is 14.7. The Bertz CT molecular complexity index is 596. The van der Waals surface area contributed by atoms with Crippen LogP contribution in [0.2, 0.25) is 5.02 Å². The first-order chi connectivity index (χ1) is 9.51. The van der Waals surface area contributed by atoms with Crippen molar-refractivity contribution in [1.82, 2.24) is 10.3 Å². The van der Waals surface area contributed by atoms with Crippen molar-refractivity contribution < 1.29 is 0 Å². The molecule has 1 aromatic heterocycles. The van der Waals surface area contributed by atoms with E-state index in [0.29, 0.717) is 5.92 Å². The summed E-state index contributed by atoms with van der Waals surface area (Å²) in [6.45, 7) is 5.32. The summed E-state index contributed by atoms with van der Waals surface area (Å²) in [5.41, 5.74) is 2.32. The number of nitrogens with one attached hydrogen (secondary N) is 1. The van der Waals surface area contributed by atoms with Crippen molar-refractivity contribution in [1.29, 1.82) is 0 Å². The number of aromatic nitrogens is 1. The van der Waals surface area contributed by atoms with Gasteiger partial charge in [0.2, 0.25) is 0 Å². The lowest BCUT2D eigenvalue weighted by molar-refractivity contribution is 0.631. The van der Waals surface area contributed by atoms with Crippen LogP contribution in [0.3, 0.4) is 0 Å². The van der Waals surface area contributed by atoms with Gasteiger partial charge in [0, 0.05) is 21.5 Å². The molecule has 0 aliphatic heterocycles. The third-order valence-electron chi connectivity index (χ3n) is 2.88. The molecule has 0 unspecified atom stereocenters. The first-order valence-electron chi connectivity index (χ1n) is 6.60. The van der Waals surface area contributed by atoms with Gasteiger partial charge in [-0.1, -0.05) is 31.5 Å². The van der Waals surface area contributed by atoms with Crippen LogP contribution < -0.4 is 5.32 Å². The van der Waals surface area contributed by atoms with E-state index in [2.05, 4.69) is 35.1 Å².